The van der Waals surface area contributed by atoms with Gasteiger partial charge in [0, 0.05) is 0 Å². The maximum atomic E-state index is 12.4. The van der Waals surface area contributed by atoms with Gasteiger partial charge in [-0.15, -0.1) is 0 Å². The van der Waals surface area contributed by atoms with Crippen LogP contribution >= 0.6 is 23.2 Å². The fourth-order valence-electron chi connectivity index (χ4n) is 2.42. The van der Waals surface area contributed by atoms with Crippen LogP contribution in [-0.2, 0) is 11.3 Å². The van der Waals surface area contributed by atoms with Gasteiger partial charge in [0.05, 0.1) is 28.3 Å². The minimum Gasteiger partial charge on any atom is -0.455 e. The van der Waals surface area contributed by atoms with Gasteiger partial charge in [0.15, 0.2) is 0 Å². The number of aryl methyl sites for hydroxylation is 1. The third kappa shape index (κ3) is 3.67. The molecule has 0 aliphatic heterocycles. The molecule has 3 rings (SSSR count). The molecule has 0 aliphatic rings. The van der Waals surface area contributed by atoms with Crippen molar-refractivity contribution in [2.75, 3.05) is 0 Å². The minimum atomic E-state index is -0.491. The van der Waals surface area contributed by atoms with Crippen molar-refractivity contribution in [1.29, 1.82) is 0 Å². The van der Waals surface area contributed by atoms with Crippen LogP contribution in [0, 0.1) is 13.8 Å². The quantitative estimate of drug-likeness (QED) is 0.495. The molecule has 0 N–H and O–H groups in total. The van der Waals surface area contributed by atoms with Crippen molar-refractivity contribution in [2.24, 2.45) is 0 Å². The molecule has 0 unspecified atom stereocenters. The molecule has 128 valence electrons. The fraction of sp³-hybridized carbons (Fsp3) is 0.167. The lowest BCUT2D eigenvalue weighted by Gasteiger charge is -2.09. The van der Waals surface area contributed by atoms with Crippen molar-refractivity contribution in [3.8, 4) is 5.69 Å². The van der Waals surface area contributed by atoms with Crippen LogP contribution in [0.3, 0.4) is 0 Å². The van der Waals surface area contributed by atoms with Gasteiger partial charge in [-0.25, -0.2) is 14.5 Å². The van der Waals surface area contributed by atoms with Gasteiger partial charge < -0.3 is 4.74 Å². The van der Waals surface area contributed by atoms with Crippen LogP contribution < -0.4 is 0 Å². The molecule has 25 heavy (non-hydrogen) atoms. The SMILES string of the molecule is Cc1ccccc1-n1ncc(C(=O)OCc2nc(Cl)ccc2Cl)c1C. The van der Waals surface area contributed by atoms with E-state index >= 15 is 0 Å². The Hall–Kier alpha value is -2.37. The predicted octanol–water partition coefficient (Wildman–Crippen LogP) is 4.55. The number of hydrogen-bond acceptors (Lipinski definition) is 4. The number of pyridine rings is 1. The van der Waals surface area contributed by atoms with Crippen molar-refractivity contribution >= 4 is 29.2 Å². The van der Waals surface area contributed by atoms with Crippen LogP contribution in [0.25, 0.3) is 5.69 Å². The van der Waals surface area contributed by atoms with Crippen LogP contribution in [0.1, 0.15) is 27.3 Å². The van der Waals surface area contributed by atoms with E-state index < -0.39 is 5.97 Å². The van der Waals surface area contributed by atoms with E-state index in [1.165, 1.54) is 6.20 Å². The van der Waals surface area contributed by atoms with Gasteiger partial charge >= 0.3 is 5.97 Å². The van der Waals surface area contributed by atoms with Crippen molar-refractivity contribution in [2.45, 2.75) is 20.5 Å². The lowest BCUT2D eigenvalue weighted by atomic mass is 10.2. The number of hydrogen-bond donors (Lipinski definition) is 0. The summed E-state index contributed by atoms with van der Waals surface area (Å²) in [4.78, 5) is 16.4. The standard InChI is InChI=1S/C18H15Cl2N3O2/c1-11-5-3-4-6-16(11)23-12(2)13(9-21-23)18(24)25-10-15-14(19)7-8-17(20)22-15/h3-9H,10H2,1-2H3. The van der Waals surface area contributed by atoms with Gasteiger partial charge in [-0.2, -0.15) is 5.10 Å². The third-order valence-electron chi connectivity index (χ3n) is 3.80. The number of esters is 1. The predicted molar refractivity (Wildman–Crippen MR) is 96.4 cm³/mol. The van der Waals surface area contributed by atoms with Crippen LogP contribution in [0.5, 0.6) is 0 Å². The van der Waals surface area contributed by atoms with E-state index in [0.29, 0.717) is 27.1 Å². The number of aromatic nitrogens is 3. The molecule has 0 atom stereocenters. The average Bonchev–Trinajstić information content (AvgIpc) is 2.97. The molecular weight excluding hydrogens is 361 g/mol. The lowest BCUT2D eigenvalue weighted by Crippen LogP contribution is -2.08. The molecule has 1 aromatic carbocycles. The zero-order valence-corrected chi connectivity index (χ0v) is 15.2. The van der Waals surface area contributed by atoms with E-state index in [-0.39, 0.29) is 6.61 Å². The van der Waals surface area contributed by atoms with E-state index in [4.69, 9.17) is 27.9 Å². The third-order valence-corrected chi connectivity index (χ3v) is 4.35. The summed E-state index contributed by atoms with van der Waals surface area (Å²) >= 11 is 11.9. The molecule has 0 amide bonds. The average molecular weight is 376 g/mol. The number of rotatable bonds is 4. The summed E-state index contributed by atoms with van der Waals surface area (Å²) in [7, 11) is 0. The fourth-order valence-corrected chi connectivity index (χ4v) is 2.75. The summed E-state index contributed by atoms with van der Waals surface area (Å²) in [6.07, 6.45) is 1.50. The largest absolute Gasteiger partial charge is 0.455 e. The summed E-state index contributed by atoms with van der Waals surface area (Å²) in [5, 5.41) is 4.99. The molecule has 0 saturated heterocycles. The number of nitrogens with zero attached hydrogens (tertiary/aromatic N) is 3. The minimum absolute atomic E-state index is 0.0623. The number of ether oxygens (including phenoxy) is 1. The number of benzene rings is 1. The molecule has 5 nitrogen and oxygen atoms in total. The molecule has 7 heteroatoms. The normalized spacial score (nSPS) is 10.7. The van der Waals surface area contributed by atoms with Gasteiger partial charge in [-0.3, -0.25) is 0 Å². The summed E-state index contributed by atoms with van der Waals surface area (Å²) in [6.45, 7) is 3.75. The summed E-state index contributed by atoms with van der Waals surface area (Å²) in [5.41, 5.74) is 3.47. The second-order valence-corrected chi connectivity index (χ2v) is 6.28. The van der Waals surface area contributed by atoms with E-state index in [1.54, 1.807) is 16.8 Å². The molecular formula is C18H15Cl2N3O2. The zero-order valence-electron chi connectivity index (χ0n) is 13.7. The maximum absolute atomic E-state index is 12.4. The van der Waals surface area contributed by atoms with Gasteiger partial charge in [0.2, 0.25) is 0 Å². The highest BCUT2D eigenvalue weighted by Crippen LogP contribution is 2.20. The van der Waals surface area contributed by atoms with E-state index in [0.717, 1.165) is 11.3 Å². The maximum Gasteiger partial charge on any atom is 0.342 e. The highest BCUT2D eigenvalue weighted by Gasteiger charge is 2.18. The van der Waals surface area contributed by atoms with Crippen LogP contribution in [0.15, 0.2) is 42.6 Å². The van der Waals surface area contributed by atoms with Crippen LogP contribution in [0.4, 0.5) is 0 Å². The number of para-hydroxylation sites is 1. The number of halogens is 2. The first-order chi connectivity index (χ1) is 12.0. The summed E-state index contributed by atoms with van der Waals surface area (Å²) < 4.78 is 7.03. The number of carbonyl (C=O) groups excluding carboxylic acids is 1. The van der Waals surface area contributed by atoms with Crippen molar-refractivity contribution in [3.05, 3.63) is 75.3 Å². The van der Waals surface area contributed by atoms with Gasteiger partial charge in [-0.05, 0) is 37.6 Å². The Balaban J connectivity index is 1.80. The summed E-state index contributed by atoms with van der Waals surface area (Å²) in [6, 6.07) is 11.0. The Kier molecular flexibility index (Phi) is 5.06. The first-order valence-corrected chi connectivity index (χ1v) is 8.31. The Morgan fingerprint density at radius 3 is 2.68 bits per heavy atom. The molecule has 2 heterocycles. The van der Waals surface area contributed by atoms with Gasteiger partial charge in [0.1, 0.15) is 17.3 Å². The Bertz CT molecular complexity index is 938. The lowest BCUT2D eigenvalue weighted by molar-refractivity contribution is 0.0467. The van der Waals surface area contributed by atoms with Crippen molar-refractivity contribution < 1.29 is 9.53 Å². The van der Waals surface area contributed by atoms with Crippen LogP contribution in [-0.4, -0.2) is 20.7 Å². The van der Waals surface area contributed by atoms with Crippen molar-refractivity contribution in [3.63, 3.8) is 0 Å². The molecule has 0 saturated carbocycles. The van der Waals surface area contributed by atoms with Crippen molar-refractivity contribution in [1.82, 2.24) is 14.8 Å². The van der Waals surface area contributed by atoms with Crippen LogP contribution in [0.2, 0.25) is 10.2 Å². The molecule has 0 aliphatic carbocycles. The van der Waals surface area contributed by atoms with E-state index in [9.17, 15) is 4.79 Å². The molecule has 0 fully saturated rings. The van der Waals surface area contributed by atoms with E-state index in [1.807, 2.05) is 38.1 Å². The first kappa shape index (κ1) is 17.5. The molecule has 2 aromatic heterocycles. The highest BCUT2D eigenvalue weighted by molar-refractivity contribution is 6.32. The van der Waals surface area contributed by atoms with Gasteiger partial charge in [-0.1, -0.05) is 41.4 Å². The Labute approximate surface area is 155 Å². The highest BCUT2D eigenvalue weighted by atomic mass is 35.5. The molecule has 0 radical (unpaired) electrons. The smallest absolute Gasteiger partial charge is 0.342 e. The Morgan fingerprint density at radius 1 is 1.16 bits per heavy atom. The topological polar surface area (TPSA) is 57.0 Å². The Morgan fingerprint density at radius 2 is 1.92 bits per heavy atom. The van der Waals surface area contributed by atoms with Gasteiger partial charge in [0.25, 0.3) is 0 Å². The monoisotopic (exact) mass is 375 g/mol. The second kappa shape index (κ2) is 7.25. The molecule has 3 aromatic rings. The number of carbonyl (C=O) groups is 1. The summed E-state index contributed by atoms with van der Waals surface area (Å²) in [5.74, 6) is -0.491. The molecule has 0 spiro atoms. The molecule has 0 bridgehead atoms. The zero-order chi connectivity index (χ0) is 18.0. The first-order valence-electron chi connectivity index (χ1n) is 7.56. The second-order valence-electron chi connectivity index (χ2n) is 5.48. The van der Waals surface area contributed by atoms with E-state index in [2.05, 4.69) is 10.1 Å².